The summed E-state index contributed by atoms with van der Waals surface area (Å²) < 4.78 is 0. The van der Waals surface area contributed by atoms with Crippen molar-refractivity contribution in [3.8, 4) is 0 Å². The third kappa shape index (κ3) is 5.09. The average molecular weight is 266 g/mol. The first kappa shape index (κ1) is 14.0. The highest BCUT2D eigenvalue weighted by molar-refractivity contribution is 7.09. The molecule has 2 unspecified atom stereocenters. The quantitative estimate of drug-likeness (QED) is 0.826. The third-order valence-electron chi connectivity index (χ3n) is 3.74. The highest BCUT2D eigenvalue weighted by Crippen LogP contribution is 2.13. The Bertz CT molecular complexity index is 302. The fraction of sp³-hybridized carbons (Fsp3) is 0.733. The Hall–Kier alpha value is -0.380. The van der Waals surface area contributed by atoms with Crippen molar-refractivity contribution >= 4 is 11.3 Å². The van der Waals surface area contributed by atoms with E-state index in [0.717, 1.165) is 12.6 Å². The van der Waals surface area contributed by atoms with Crippen LogP contribution < -0.4 is 10.6 Å². The second-order valence-electron chi connectivity index (χ2n) is 5.42. The molecule has 1 fully saturated rings. The molecule has 2 nitrogen and oxygen atoms in total. The van der Waals surface area contributed by atoms with Crippen LogP contribution in [0.2, 0.25) is 0 Å². The molecule has 0 aliphatic carbocycles. The molecule has 1 saturated heterocycles. The van der Waals surface area contributed by atoms with Gasteiger partial charge in [-0.15, -0.1) is 11.3 Å². The smallest absolute Gasteiger partial charge is 0.00817 e. The summed E-state index contributed by atoms with van der Waals surface area (Å²) in [6, 6.07) is 5.72. The Morgan fingerprint density at radius 1 is 1.44 bits per heavy atom. The van der Waals surface area contributed by atoms with Crippen molar-refractivity contribution in [2.75, 3.05) is 13.1 Å². The molecule has 3 heteroatoms. The molecule has 1 aromatic heterocycles. The van der Waals surface area contributed by atoms with E-state index < -0.39 is 0 Å². The van der Waals surface area contributed by atoms with Gasteiger partial charge in [0.1, 0.15) is 0 Å². The van der Waals surface area contributed by atoms with Gasteiger partial charge in [-0.2, -0.15) is 0 Å². The average Bonchev–Trinajstić information content (AvgIpc) is 2.74. The van der Waals surface area contributed by atoms with E-state index in [1.807, 2.05) is 11.3 Å². The first-order valence-electron chi connectivity index (χ1n) is 7.34. The summed E-state index contributed by atoms with van der Waals surface area (Å²) in [4.78, 5) is 1.49. The van der Waals surface area contributed by atoms with Crippen molar-refractivity contribution in [2.24, 2.45) is 0 Å². The summed E-state index contributed by atoms with van der Waals surface area (Å²) in [5.74, 6) is 0. The molecule has 0 amide bonds. The lowest BCUT2D eigenvalue weighted by Crippen LogP contribution is -2.37. The highest BCUT2D eigenvalue weighted by Gasteiger charge is 2.14. The maximum atomic E-state index is 3.68. The van der Waals surface area contributed by atoms with E-state index in [1.165, 1.54) is 49.9 Å². The molecule has 18 heavy (non-hydrogen) atoms. The Morgan fingerprint density at radius 3 is 3.22 bits per heavy atom. The van der Waals surface area contributed by atoms with Crippen LogP contribution in [0, 0.1) is 0 Å². The molecule has 0 aromatic carbocycles. The van der Waals surface area contributed by atoms with E-state index in [-0.39, 0.29) is 0 Å². The van der Waals surface area contributed by atoms with Crippen LogP contribution in [0.3, 0.4) is 0 Å². The second-order valence-corrected chi connectivity index (χ2v) is 6.45. The molecule has 0 bridgehead atoms. The molecule has 0 spiro atoms. The van der Waals surface area contributed by atoms with Crippen LogP contribution in [-0.2, 0) is 6.42 Å². The number of nitrogens with one attached hydrogen (secondary N) is 2. The molecular formula is C15H26N2S. The van der Waals surface area contributed by atoms with Gasteiger partial charge in [0.15, 0.2) is 0 Å². The van der Waals surface area contributed by atoms with Crippen molar-refractivity contribution in [3.63, 3.8) is 0 Å². The van der Waals surface area contributed by atoms with Gasteiger partial charge < -0.3 is 10.6 Å². The number of hydrogen-bond acceptors (Lipinski definition) is 3. The molecule has 2 atom stereocenters. The minimum absolute atomic E-state index is 0.626. The lowest BCUT2D eigenvalue weighted by Gasteiger charge is -2.21. The molecule has 0 radical (unpaired) electrons. The molecule has 0 saturated carbocycles. The topological polar surface area (TPSA) is 24.1 Å². The molecule has 102 valence electrons. The zero-order chi connectivity index (χ0) is 12.6. The van der Waals surface area contributed by atoms with Crippen molar-refractivity contribution in [1.29, 1.82) is 0 Å². The zero-order valence-corrected chi connectivity index (χ0v) is 12.3. The van der Waals surface area contributed by atoms with Gasteiger partial charge >= 0.3 is 0 Å². The normalized spacial score (nSPS) is 22.6. The Balaban J connectivity index is 1.60. The van der Waals surface area contributed by atoms with Crippen LogP contribution in [0.5, 0.6) is 0 Å². The van der Waals surface area contributed by atoms with Gasteiger partial charge in [-0.25, -0.2) is 0 Å². The standard InChI is InChI=1S/C15H26N2S/c1-13(12-14-6-3-2-4-9-17-14)16-10-8-15-7-5-11-18-15/h5,7,11,13-14,16-17H,2-4,6,8-10,12H2,1H3. The molecule has 1 aliphatic heterocycles. The minimum atomic E-state index is 0.626. The summed E-state index contributed by atoms with van der Waals surface area (Å²) in [6.07, 6.45) is 7.96. The molecule has 1 aromatic rings. The van der Waals surface area contributed by atoms with Crippen LogP contribution in [0.1, 0.15) is 43.9 Å². The third-order valence-corrected chi connectivity index (χ3v) is 4.68. The fourth-order valence-electron chi connectivity index (χ4n) is 2.71. The Labute approximate surface area is 115 Å². The monoisotopic (exact) mass is 266 g/mol. The number of hydrogen-bond donors (Lipinski definition) is 2. The van der Waals surface area contributed by atoms with Crippen LogP contribution in [0.25, 0.3) is 0 Å². The van der Waals surface area contributed by atoms with Crippen LogP contribution in [0.4, 0.5) is 0 Å². The maximum absolute atomic E-state index is 3.68. The van der Waals surface area contributed by atoms with Gasteiger partial charge in [-0.05, 0) is 50.6 Å². The number of thiophene rings is 1. The minimum Gasteiger partial charge on any atom is -0.314 e. The summed E-state index contributed by atoms with van der Waals surface area (Å²) in [6.45, 7) is 4.64. The van der Waals surface area contributed by atoms with Crippen LogP contribution >= 0.6 is 11.3 Å². The van der Waals surface area contributed by atoms with E-state index in [4.69, 9.17) is 0 Å². The van der Waals surface area contributed by atoms with Gasteiger partial charge in [-0.1, -0.05) is 18.9 Å². The molecule has 2 heterocycles. The van der Waals surface area contributed by atoms with E-state index in [9.17, 15) is 0 Å². The van der Waals surface area contributed by atoms with Gasteiger partial charge in [0.05, 0.1) is 0 Å². The lowest BCUT2D eigenvalue weighted by atomic mass is 10.0. The Morgan fingerprint density at radius 2 is 2.39 bits per heavy atom. The van der Waals surface area contributed by atoms with Crippen LogP contribution in [0.15, 0.2) is 17.5 Å². The van der Waals surface area contributed by atoms with Crippen molar-refractivity contribution < 1.29 is 0 Å². The fourth-order valence-corrected chi connectivity index (χ4v) is 3.42. The van der Waals surface area contributed by atoms with E-state index in [2.05, 4.69) is 35.1 Å². The van der Waals surface area contributed by atoms with E-state index in [0.29, 0.717) is 6.04 Å². The Kier molecular flexibility index (Phi) is 6.18. The first-order chi connectivity index (χ1) is 8.84. The molecule has 2 N–H and O–H groups in total. The predicted molar refractivity (Wildman–Crippen MR) is 80.4 cm³/mol. The van der Waals surface area contributed by atoms with Gasteiger partial charge in [0.2, 0.25) is 0 Å². The van der Waals surface area contributed by atoms with Gasteiger partial charge in [0, 0.05) is 23.5 Å². The van der Waals surface area contributed by atoms with Crippen molar-refractivity contribution in [3.05, 3.63) is 22.4 Å². The van der Waals surface area contributed by atoms with Crippen molar-refractivity contribution in [2.45, 2.75) is 57.5 Å². The summed E-state index contributed by atoms with van der Waals surface area (Å²) in [5.41, 5.74) is 0. The van der Waals surface area contributed by atoms with Gasteiger partial charge in [0.25, 0.3) is 0 Å². The van der Waals surface area contributed by atoms with Crippen molar-refractivity contribution in [1.82, 2.24) is 10.6 Å². The van der Waals surface area contributed by atoms with E-state index in [1.54, 1.807) is 0 Å². The predicted octanol–water partition coefficient (Wildman–Crippen LogP) is 3.19. The second kappa shape index (κ2) is 7.93. The summed E-state index contributed by atoms with van der Waals surface area (Å²) in [5, 5.41) is 9.49. The molecular weight excluding hydrogens is 240 g/mol. The van der Waals surface area contributed by atoms with Gasteiger partial charge in [-0.3, -0.25) is 0 Å². The molecule has 1 aliphatic rings. The largest absolute Gasteiger partial charge is 0.314 e. The first-order valence-corrected chi connectivity index (χ1v) is 8.21. The zero-order valence-electron chi connectivity index (χ0n) is 11.5. The molecule has 2 rings (SSSR count). The van der Waals surface area contributed by atoms with E-state index >= 15 is 0 Å². The maximum Gasteiger partial charge on any atom is 0.00817 e. The highest BCUT2D eigenvalue weighted by atomic mass is 32.1. The lowest BCUT2D eigenvalue weighted by molar-refractivity contribution is 0.405. The summed E-state index contributed by atoms with van der Waals surface area (Å²) >= 11 is 1.86. The summed E-state index contributed by atoms with van der Waals surface area (Å²) in [7, 11) is 0. The SMILES string of the molecule is CC(CC1CCCCCN1)NCCc1cccs1. The van der Waals surface area contributed by atoms with Crippen LogP contribution in [-0.4, -0.2) is 25.2 Å². The number of rotatable bonds is 6.